The Bertz CT molecular complexity index is 760. The van der Waals surface area contributed by atoms with Gasteiger partial charge in [-0.25, -0.2) is 8.42 Å². The zero-order chi connectivity index (χ0) is 18.0. The molecule has 1 aliphatic heterocycles. The summed E-state index contributed by atoms with van der Waals surface area (Å²) in [4.78, 5) is -0.392. The predicted molar refractivity (Wildman–Crippen MR) is 80.8 cm³/mol. The van der Waals surface area contributed by atoms with E-state index < -0.39 is 43.2 Å². The molecule has 132 valence electrons. The van der Waals surface area contributed by atoms with E-state index in [4.69, 9.17) is 23.2 Å². The standard InChI is InChI=1S/C14H11Cl2F4NO2S/c15-13(17,18)12(14(16,19)20)9-6-7-10(8-9)21(12)24(22,23)11-4-2-1-3-5-11/h1-7,9-10H,8H2. The zero-order valence-corrected chi connectivity index (χ0v) is 14.2. The molecule has 0 radical (unpaired) electrons. The molecule has 1 aliphatic carbocycles. The van der Waals surface area contributed by atoms with Gasteiger partial charge in [-0.15, -0.1) is 0 Å². The molecule has 0 N–H and O–H groups in total. The number of halogens is 6. The van der Waals surface area contributed by atoms with Crippen LogP contribution in [-0.2, 0) is 10.0 Å². The average molecular weight is 404 g/mol. The van der Waals surface area contributed by atoms with Crippen molar-refractivity contribution in [2.75, 3.05) is 0 Å². The number of alkyl halides is 6. The maximum atomic E-state index is 14.2. The van der Waals surface area contributed by atoms with E-state index in [2.05, 4.69) is 0 Å². The lowest BCUT2D eigenvalue weighted by Gasteiger charge is -2.47. The second kappa shape index (κ2) is 5.33. The van der Waals surface area contributed by atoms with Gasteiger partial charge >= 0.3 is 10.8 Å². The van der Waals surface area contributed by atoms with Crippen LogP contribution in [0.1, 0.15) is 6.42 Å². The molecule has 2 aliphatic rings. The molecule has 3 rings (SSSR count). The Morgan fingerprint density at radius 1 is 1.04 bits per heavy atom. The number of sulfonamides is 1. The first kappa shape index (κ1) is 18.0. The van der Waals surface area contributed by atoms with Crippen molar-refractivity contribution < 1.29 is 26.0 Å². The molecule has 2 bridgehead atoms. The molecule has 24 heavy (non-hydrogen) atoms. The molecule has 2 unspecified atom stereocenters. The van der Waals surface area contributed by atoms with Gasteiger partial charge in [-0.1, -0.05) is 30.4 Å². The Kier molecular flexibility index (Phi) is 3.99. The third kappa shape index (κ3) is 2.23. The van der Waals surface area contributed by atoms with E-state index in [-0.39, 0.29) is 10.7 Å². The highest BCUT2D eigenvalue weighted by Gasteiger charge is 2.80. The molecule has 2 atom stereocenters. The number of hydrogen-bond donors (Lipinski definition) is 0. The zero-order valence-electron chi connectivity index (χ0n) is 11.8. The molecule has 1 fully saturated rings. The lowest BCUT2D eigenvalue weighted by Crippen LogP contribution is -2.69. The van der Waals surface area contributed by atoms with Gasteiger partial charge in [0, 0.05) is 12.0 Å². The van der Waals surface area contributed by atoms with Gasteiger partial charge in [-0.2, -0.15) is 21.9 Å². The summed E-state index contributed by atoms with van der Waals surface area (Å²) in [5.74, 6) is -1.51. The van der Waals surface area contributed by atoms with Gasteiger partial charge in [-0.3, -0.25) is 0 Å². The van der Waals surface area contributed by atoms with Gasteiger partial charge in [0.1, 0.15) is 0 Å². The van der Waals surface area contributed by atoms with E-state index in [1.54, 1.807) is 0 Å². The number of hydrogen-bond acceptors (Lipinski definition) is 2. The van der Waals surface area contributed by atoms with Crippen molar-refractivity contribution in [1.82, 2.24) is 4.31 Å². The molecule has 3 nitrogen and oxygen atoms in total. The largest absolute Gasteiger partial charge is 0.348 e. The van der Waals surface area contributed by atoms with Crippen molar-refractivity contribution >= 4 is 33.2 Å². The number of nitrogens with zero attached hydrogens (tertiary/aromatic N) is 1. The van der Waals surface area contributed by atoms with Gasteiger partial charge in [0.15, 0.2) is 5.54 Å². The van der Waals surface area contributed by atoms with E-state index in [1.165, 1.54) is 24.3 Å². The summed E-state index contributed by atoms with van der Waals surface area (Å²) in [7, 11) is -4.69. The average Bonchev–Trinajstić information content (AvgIpc) is 3.05. The fourth-order valence-electron chi connectivity index (χ4n) is 3.49. The quantitative estimate of drug-likeness (QED) is 0.432. The molecule has 1 aromatic rings. The van der Waals surface area contributed by atoms with Crippen molar-refractivity contribution in [1.29, 1.82) is 0 Å². The minimum Gasteiger partial charge on any atom is -0.207 e. The predicted octanol–water partition coefficient (Wildman–Crippen LogP) is 4.04. The molecular weight excluding hydrogens is 393 g/mol. The highest BCUT2D eigenvalue weighted by molar-refractivity contribution is 7.89. The Morgan fingerprint density at radius 2 is 1.58 bits per heavy atom. The fourth-order valence-corrected chi connectivity index (χ4v) is 6.33. The third-order valence-electron chi connectivity index (χ3n) is 4.41. The highest BCUT2D eigenvalue weighted by atomic mass is 35.5. The molecule has 0 aromatic heterocycles. The molecule has 1 aromatic carbocycles. The third-order valence-corrected chi connectivity index (χ3v) is 6.93. The van der Waals surface area contributed by atoms with Crippen LogP contribution < -0.4 is 0 Å². The van der Waals surface area contributed by atoms with Gasteiger partial charge in [0.25, 0.3) is 0 Å². The first-order valence-electron chi connectivity index (χ1n) is 6.85. The van der Waals surface area contributed by atoms with Crippen LogP contribution in [-0.4, -0.2) is 35.1 Å². The Balaban J connectivity index is 2.28. The second-order valence-corrected chi connectivity index (χ2v) is 8.43. The topological polar surface area (TPSA) is 37.4 Å². The Labute approximate surface area is 145 Å². The van der Waals surface area contributed by atoms with Gasteiger partial charge in [0.05, 0.1) is 4.90 Å². The van der Waals surface area contributed by atoms with E-state index >= 15 is 0 Å². The summed E-state index contributed by atoms with van der Waals surface area (Å²) < 4.78 is 82.5. The summed E-state index contributed by atoms with van der Waals surface area (Å²) in [6.45, 7) is 0. The lowest BCUT2D eigenvalue weighted by molar-refractivity contribution is -0.159. The molecule has 0 spiro atoms. The number of fused-ring (bicyclic) bond motifs is 2. The molecule has 10 heteroatoms. The van der Waals surface area contributed by atoms with Crippen molar-refractivity contribution in [3.63, 3.8) is 0 Å². The van der Waals surface area contributed by atoms with Crippen LogP contribution in [0.15, 0.2) is 47.4 Å². The van der Waals surface area contributed by atoms with Crippen LogP contribution in [0, 0.1) is 5.92 Å². The first-order valence-corrected chi connectivity index (χ1v) is 9.05. The summed E-state index contributed by atoms with van der Waals surface area (Å²) in [6, 6.07) is 5.32. The van der Waals surface area contributed by atoms with E-state index in [0.717, 1.165) is 18.2 Å². The minimum atomic E-state index is -4.69. The number of benzene rings is 1. The maximum Gasteiger partial charge on any atom is 0.348 e. The van der Waals surface area contributed by atoms with Crippen LogP contribution in [0.2, 0.25) is 0 Å². The normalized spacial score (nSPS) is 26.9. The van der Waals surface area contributed by atoms with E-state index in [1.807, 2.05) is 0 Å². The second-order valence-electron chi connectivity index (χ2n) is 5.67. The van der Waals surface area contributed by atoms with E-state index in [0.29, 0.717) is 0 Å². The summed E-state index contributed by atoms with van der Waals surface area (Å²) in [5.41, 5.74) is -3.59. The molecule has 1 heterocycles. The Morgan fingerprint density at radius 3 is 2.08 bits per heavy atom. The Hall–Kier alpha value is -0.830. The lowest BCUT2D eigenvalue weighted by atomic mass is 9.86. The van der Waals surface area contributed by atoms with Crippen molar-refractivity contribution in [3.8, 4) is 0 Å². The van der Waals surface area contributed by atoms with Crippen LogP contribution in [0.3, 0.4) is 0 Å². The van der Waals surface area contributed by atoms with Crippen molar-refractivity contribution in [2.45, 2.75) is 33.7 Å². The fraction of sp³-hybridized carbons (Fsp3) is 0.429. The first-order chi connectivity index (χ1) is 10.9. The SMILES string of the molecule is O=S(=O)(c1ccccc1)N1C2C=CC(C2)C1(C(F)(F)Cl)C(F)(F)Cl. The molecule has 1 saturated heterocycles. The van der Waals surface area contributed by atoms with Crippen molar-refractivity contribution in [2.24, 2.45) is 5.92 Å². The van der Waals surface area contributed by atoms with Gasteiger partial charge in [-0.05, 0) is 41.8 Å². The van der Waals surface area contributed by atoms with Gasteiger partial charge < -0.3 is 0 Å². The minimum absolute atomic E-state index is 0.0833. The number of rotatable bonds is 4. The van der Waals surface area contributed by atoms with Crippen molar-refractivity contribution in [3.05, 3.63) is 42.5 Å². The summed E-state index contributed by atoms with van der Waals surface area (Å²) >= 11 is 10.1. The molecular formula is C14H11Cl2F4NO2S. The summed E-state index contributed by atoms with van der Waals surface area (Å²) in [6.07, 6.45) is 2.18. The summed E-state index contributed by atoms with van der Waals surface area (Å²) in [5, 5.41) is -9.19. The smallest absolute Gasteiger partial charge is 0.207 e. The molecule has 0 amide bonds. The maximum absolute atomic E-state index is 14.2. The molecule has 0 saturated carbocycles. The van der Waals surface area contributed by atoms with E-state index in [9.17, 15) is 26.0 Å². The van der Waals surface area contributed by atoms with Gasteiger partial charge in [0.2, 0.25) is 10.0 Å². The monoisotopic (exact) mass is 403 g/mol. The van der Waals surface area contributed by atoms with Crippen LogP contribution in [0.4, 0.5) is 17.6 Å². The van der Waals surface area contributed by atoms with Crippen LogP contribution >= 0.6 is 23.2 Å². The van der Waals surface area contributed by atoms with Crippen LogP contribution in [0.25, 0.3) is 0 Å². The van der Waals surface area contributed by atoms with Crippen LogP contribution in [0.5, 0.6) is 0 Å². The highest BCUT2D eigenvalue weighted by Crippen LogP contribution is 2.63.